The lowest BCUT2D eigenvalue weighted by Crippen LogP contribution is -2.49. The van der Waals surface area contributed by atoms with Crippen LogP contribution in [-0.4, -0.2) is 64.3 Å². The second-order valence-corrected chi connectivity index (χ2v) is 7.69. The first-order valence-corrected chi connectivity index (χ1v) is 10.5. The number of amides is 2. The van der Waals surface area contributed by atoms with E-state index in [-0.39, 0.29) is 18.1 Å². The Balaban J connectivity index is 1.51. The van der Waals surface area contributed by atoms with Crippen molar-refractivity contribution in [1.82, 2.24) is 20.2 Å². The molecular weight excluding hydrogens is 426 g/mol. The van der Waals surface area contributed by atoms with Crippen LogP contribution in [0, 0.1) is 0 Å². The van der Waals surface area contributed by atoms with E-state index in [4.69, 9.17) is 4.74 Å². The van der Waals surface area contributed by atoms with Gasteiger partial charge in [-0.05, 0) is 30.3 Å². The molecule has 168 valence electrons. The summed E-state index contributed by atoms with van der Waals surface area (Å²) in [6.07, 6.45) is 0.714. The normalized spacial score (nSPS) is 15.1. The molecule has 2 heterocycles. The quantitative estimate of drug-likeness (QED) is 0.400. The minimum absolute atomic E-state index is 0.0221. The Morgan fingerprint density at radius 3 is 2.61 bits per heavy atom. The molecule has 1 aromatic heterocycles. The summed E-state index contributed by atoms with van der Waals surface area (Å²) in [7, 11) is 0. The highest BCUT2D eigenvalue weighted by Crippen LogP contribution is 2.44. The third-order valence-electron chi connectivity index (χ3n) is 5.63. The molecule has 2 aromatic carbocycles. The number of phenols is 1. The van der Waals surface area contributed by atoms with Crippen LogP contribution in [0.1, 0.15) is 15.9 Å². The summed E-state index contributed by atoms with van der Waals surface area (Å²) in [5.41, 5.74) is 6.03. The second kappa shape index (κ2) is 8.49. The molecule has 33 heavy (non-hydrogen) atoms. The standard InChI is InChI=1S/C23H21N5O5/c29-11-8-28-21(14-4-6-15(30)7-5-14)19-20(25-28)16-2-1-3-17(18(16)22(19)31)24-23(32)26-27-9-12-33-13-10-27/h1-7,11,30H,8-10,12-13H2,(H2,24,26,32). The number of aromatic hydroxyl groups is 1. The molecule has 1 saturated heterocycles. The number of morpholine rings is 1. The van der Waals surface area contributed by atoms with Crippen molar-refractivity contribution < 1.29 is 24.2 Å². The van der Waals surface area contributed by atoms with Crippen molar-refractivity contribution in [2.75, 3.05) is 31.6 Å². The lowest BCUT2D eigenvalue weighted by atomic mass is 10.0. The lowest BCUT2D eigenvalue weighted by molar-refractivity contribution is -0.108. The number of anilines is 1. The van der Waals surface area contributed by atoms with E-state index in [2.05, 4.69) is 15.8 Å². The summed E-state index contributed by atoms with van der Waals surface area (Å²) >= 11 is 0. The number of aldehydes is 1. The van der Waals surface area contributed by atoms with Crippen LogP contribution < -0.4 is 10.7 Å². The smallest absolute Gasteiger partial charge is 0.333 e. The summed E-state index contributed by atoms with van der Waals surface area (Å²) in [5.74, 6) is -0.202. The summed E-state index contributed by atoms with van der Waals surface area (Å²) in [5, 5.41) is 18.7. The molecule has 0 saturated carbocycles. The zero-order valence-electron chi connectivity index (χ0n) is 17.6. The number of benzene rings is 2. The first-order valence-electron chi connectivity index (χ1n) is 10.5. The number of hydrogen-bond acceptors (Lipinski definition) is 7. The number of phenolic OH excluding ortho intramolecular Hbond substituents is 1. The molecule has 0 spiro atoms. The number of fused-ring (bicyclic) bond motifs is 3. The van der Waals surface area contributed by atoms with E-state index >= 15 is 0 Å². The molecule has 5 rings (SSSR count). The van der Waals surface area contributed by atoms with Crippen molar-refractivity contribution in [2.45, 2.75) is 6.54 Å². The zero-order chi connectivity index (χ0) is 22.9. The number of aromatic nitrogens is 2. The Morgan fingerprint density at radius 1 is 1.12 bits per heavy atom. The largest absolute Gasteiger partial charge is 0.508 e. The van der Waals surface area contributed by atoms with Crippen LogP contribution in [0.5, 0.6) is 5.75 Å². The Hall–Kier alpha value is -4.02. The second-order valence-electron chi connectivity index (χ2n) is 7.69. The number of rotatable bonds is 5. The third-order valence-corrected chi connectivity index (χ3v) is 5.63. The van der Waals surface area contributed by atoms with Gasteiger partial charge in [-0.1, -0.05) is 12.1 Å². The van der Waals surface area contributed by atoms with Crippen molar-refractivity contribution in [3.05, 3.63) is 53.6 Å². The van der Waals surface area contributed by atoms with E-state index in [9.17, 15) is 19.5 Å². The molecule has 1 aliphatic carbocycles. The number of carbonyl (C=O) groups excluding carboxylic acids is 3. The fourth-order valence-corrected chi connectivity index (χ4v) is 4.17. The van der Waals surface area contributed by atoms with Crippen molar-refractivity contribution in [3.63, 3.8) is 0 Å². The van der Waals surface area contributed by atoms with Gasteiger partial charge in [0.05, 0.1) is 42.3 Å². The summed E-state index contributed by atoms with van der Waals surface area (Å²) in [4.78, 5) is 37.4. The zero-order valence-corrected chi connectivity index (χ0v) is 17.6. The Morgan fingerprint density at radius 2 is 1.88 bits per heavy atom. The third kappa shape index (κ3) is 3.75. The number of ketones is 1. The van der Waals surface area contributed by atoms with Gasteiger partial charge in [-0.2, -0.15) is 5.10 Å². The molecule has 3 aromatic rings. The number of nitrogens with one attached hydrogen (secondary N) is 2. The highest BCUT2D eigenvalue weighted by molar-refractivity contribution is 6.27. The van der Waals surface area contributed by atoms with Gasteiger partial charge >= 0.3 is 6.03 Å². The molecule has 0 atom stereocenters. The summed E-state index contributed by atoms with van der Waals surface area (Å²) < 4.78 is 6.76. The van der Waals surface area contributed by atoms with Crippen LogP contribution in [0.25, 0.3) is 22.5 Å². The van der Waals surface area contributed by atoms with Gasteiger partial charge in [0.25, 0.3) is 0 Å². The number of hydrogen-bond donors (Lipinski definition) is 3. The molecule has 1 aliphatic heterocycles. The predicted octanol–water partition coefficient (Wildman–Crippen LogP) is 2.03. The fraction of sp³-hybridized carbons (Fsp3) is 0.217. The average Bonchev–Trinajstić information content (AvgIpc) is 3.31. The van der Waals surface area contributed by atoms with Gasteiger partial charge in [0, 0.05) is 24.2 Å². The number of urea groups is 1. The SMILES string of the molecule is O=CCn1nc2c(c1-c1ccc(O)cc1)C(=O)c1c(NC(=O)NN3CCOCC3)cccc1-2. The van der Waals surface area contributed by atoms with Crippen molar-refractivity contribution in [2.24, 2.45) is 0 Å². The van der Waals surface area contributed by atoms with Gasteiger partial charge in [-0.15, -0.1) is 0 Å². The van der Waals surface area contributed by atoms with E-state index in [0.29, 0.717) is 71.9 Å². The van der Waals surface area contributed by atoms with Crippen molar-refractivity contribution in [1.29, 1.82) is 0 Å². The maximum absolute atomic E-state index is 13.6. The lowest BCUT2D eigenvalue weighted by Gasteiger charge is -2.27. The average molecular weight is 447 g/mol. The molecule has 0 bridgehead atoms. The number of nitrogens with zero attached hydrogens (tertiary/aromatic N) is 3. The van der Waals surface area contributed by atoms with Gasteiger partial charge in [-0.25, -0.2) is 9.80 Å². The van der Waals surface area contributed by atoms with Gasteiger partial charge in [0.1, 0.15) is 17.7 Å². The number of carbonyl (C=O) groups is 3. The van der Waals surface area contributed by atoms with Crippen molar-refractivity contribution in [3.8, 4) is 28.3 Å². The van der Waals surface area contributed by atoms with E-state index in [1.807, 2.05) is 0 Å². The topological polar surface area (TPSA) is 126 Å². The minimum Gasteiger partial charge on any atom is -0.508 e. The maximum Gasteiger partial charge on any atom is 0.333 e. The highest BCUT2D eigenvalue weighted by atomic mass is 16.5. The molecular formula is C23H21N5O5. The highest BCUT2D eigenvalue weighted by Gasteiger charge is 2.36. The molecule has 2 amide bonds. The Kier molecular flexibility index (Phi) is 5.37. The molecule has 10 nitrogen and oxygen atoms in total. The Bertz CT molecular complexity index is 1240. The van der Waals surface area contributed by atoms with E-state index in [1.54, 1.807) is 35.3 Å². The predicted molar refractivity (Wildman–Crippen MR) is 119 cm³/mol. The van der Waals surface area contributed by atoms with Crippen LogP contribution in [0.4, 0.5) is 10.5 Å². The first-order chi connectivity index (χ1) is 16.1. The van der Waals surface area contributed by atoms with Crippen molar-refractivity contribution >= 4 is 23.8 Å². The van der Waals surface area contributed by atoms with Crippen LogP contribution in [0.2, 0.25) is 0 Å². The summed E-state index contributed by atoms with van der Waals surface area (Å²) in [6.45, 7) is 2.19. The van der Waals surface area contributed by atoms with Crippen LogP contribution >= 0.6 is 0 Å². The van der Waals surface area contributed by atoms with Crippen LogP contribution in [0.15, 0.2) is 42.5 Å². The molecule has 0 unspecified atom stereocenters. The van der Waals surface area contributed by atoms with Gasteiger partial charge < -0.3 is 20.0 Å². The molecule has 10 heteroatoms. The van der Waals surface area contributed by atoms with E-state index < -0.39 is 6.03 Å². The molecule has 3 N–H and O–H groups in total. The van der Waals surface area contributed by atoms with Gasteiger partial charge in [0.2, 0.25) is 0 Å². The van der Waals surface area contributed by atoms with Crippen LogP contribution in [-0.2, 0) is 16.1 Å². The monoisotopic (exact) mass is 447 g/mol. The van der Waals surface area contributed by atoms with E-state index in [0.717, 1.165) is 0 Å². The van der Waals surface area contributed by atoms with Gasteiger partial charge in [0.15, 0.2) is 5.78 Å². The number of ether oxygens (including phenoxy) is 1. The maximum atomic E-state index is 13.6. The number of hydrazine groups is 1. The molecule has 2 aliphatic rings. The van der Waals surface area contributed by atoms with Gasteiger partial charge in [-0.3, -0.25) is 14.9 Å². The fourth-order valence-electron chi connectivity index (χ4n) is 4.17. The molecule has 0 radical (unpaired) electrons. The Labute approximate surface area is 188 Å². The van der Waals surface area contributed by atoms with E-state index in [1.165, 1.54) is 16.8 Å². The first kappa shape index (κ1) is 20.9. The van der Waals surface area contributed by atoms with Crippen LogP contribution in [0.3, 0.4) is 0 Å². The minimum atomic E-state index is -0.451. The summed E-state index contributed by atoms with van der Waals surface area (Å²) in [6, 6.07) is 11.1. The molecule has 1 fully saturated rings.